The number of carbonyl (C=O) groups excluding carboxylic acids is 2. The number of hydrogen-bond acceptors (Lipinski definition) is 2. The monoisotopic (exact) mass is 321 g/mol. The van der Waals surface area contributed by atoms with Gasteiger partial charge in [0.25, 0.3) is 0 Å². The third-order valence-corrected chi connectivity index (χ3v) is 4.35. The highest BCUT2D eigenvalue weighted by Crippen LogP contribution is 2.23. The van der Waals surface area contributed by atoms with Gasteiger partial charge in [-0.3, -0.25) is 4.79 Å². The van der Waals surface area contributed by atoms with E-state index in [1.165, 1.54) is 0 Å². The maximum Gasteiger partial charge on any atom is 0.321 e. The number of amides is 3. The summed E-state index contributed by atoms with van der Waals surface area (Å²) in [6, 6.07) is 7.21. The molecule has 2 N–H and O–H groups in total. The van der Waals surface area contributed by atoms with E-state index in [0.717, 1.165) is 25.7 Å². The topological polar surface area (TPSA) is 61.4 Å². The Morgan fingerprint density at radius 1 is 1.14 bits per heavy atom. The second-order valence-corrected chi connectivity index (χ2v) is 6.44. The minimum absolute atomic E-state index is 0.0893. The molecule has 2 aliphatic rings. The molecule has 0 spiro atoms. The summed E-state index contributed by atoms with van der Waals surface area (Å²) in [6.07, 6.45) is 3.87. The molecular weight excluding hydrogens is 302 g/mol. The number of anilines is 1. The molecule has 3 rings (SSSR count). The lowest BCUT2D eigenvalue weighted by atomic mass is 9.97. The van der Waals surface area contributed by atoms with Gasteiger partial charge in [0.1, 0.15) is 0 Å². The van der Waals surface area contributed by atoms with Crippen LogP contribution >= 0.6 is 11.6 Å². The second kappa shape index (κ2) is 6.57. The summed E-state index contributed by atoms with van der Waals surface area (Å²) in [5.74, 6) is -0.00295. The van der Waals surface area contributed by atoms with Crippen LogP contribution in [0.1, 0.15) is 25.7 Å². The summed E-state index contributed by atoms with van der Waals surface area (Å²) in [7, 11) is 0. The number of likely N-dealkylation sites (tertiary alicyclic amines) is 1. The molecular formula is C16H20ClN3O2. The summed E-state index contributed by atoms with van der Waals surface area (Å²) in [6.45, 7) is 1.17. The third-order valence-electron chi connectivity index (χ3n) is 4.10. The highest BCUT2D eigenvalue weighted by atomic mass is 35.5. The average molecular weight is 322 g/mol. The minimum Gasteiger partial charge on any atom is -0.353 e. The van der Waals surface area contributed by atoms with Crippen LogP contribution in [0.5, 0.6) is 0 Å². The number of piperidine rings is 1. The Bertz CT molecular complexity index is 557. The van der Waals surface area contributed by atoms with Gasteiger partial charge < -0.3 is 15.5 Å². The number of hydrogen-bond donors (Lipinski definition) is 2. The number of benzene rings is 1. The van der Waals surface area contributed by atoms with E-state index in [2.05, 4.69) is 10.6 Å². The zero-order valence-electron chi connectivity index (χ0n) is 12.3. The van der Waals surface area contributed by atoms with Crippen LogP contribution in [0, 0.1) is 5.92 Å². The normalized spacial score (nSPS) is 21.3. The van der Waals surface area contributed by atoms with Gasteiger partial charge in [-0.2, -0.15) is 0 Å². The predicted octanol–water partition coefficient (Wildman–Crippen LogP) is 2.86. The molecule has 1 heterocycles. The van der Waals surface area contributed by atoms with Crippen molar-refractivity contribution >= 4 is 29.2 Å². The largest absolute Gasteiger partial charge is 0.353 e. The fraction of sp³-hybridized carbons (Fsp3) is 0.500. The Labute approximate surface area is 135 Å². The van der Waals surface area contributed by atoms with Crippen molar-refractivity contribution in [3.8, 4) is 0 Å². The van der Waals surface area contributed by atoms with Crippen LogP contribution in [0.2, 0.25) is 5.02 Å². The first kappa shape index (κ1) is 15.2. The lowest BCUT2D eigenvalue weighted by Crippen LogP contribution is -2.47. The molecule has 22 heavy (non-hydrogen) atoms. The number of halogens is 1. The van der Waals surface area contributed by atoms with E-state index in [1.807, 2.05) is 0 Å². The smallest absolute Gasteiger partial charge is 0.321 e. The summed E-state index contributed by atoms with van der Waals surface area (Å²) < 4.78 is 0. The molecule has 1 saturated carbocycles. The van der Waals surface area contributed by atoms with E-state index in [1.54, 1.807) is 29.2 Å². The molecule has 1 aromatic carbocycles. The standard InChI is InChI=1S/C16H20ClN3O2/c17-12-3-5-14(6-4-12)19-16(22)20-9-1-2-11(10-20)15(21)18-13-7-8-13/h3-6,11,13H,1-2,7-10H2,(H,18,21)(H,19,22)/t11-/m1/s1. The number of rotatable bonds is 3. The molecule has 6 heteroatoms. The van der Waals surface area contributed by atoms with E-state index < -0.39 is 0 Å². The van der Waals surface area contributed by atoms with Crippen molar-refractivity contribution < 1.29 is 9.59 Å². The number of urea groups is 1. The lowest BCUT2D eigenvalue weighted by molar-refractivity contribution is -0.126. The Balaban J connectivity index is 1.55. The fourth-order valence-electron chi connectivity index (χ4n) is 2.66. The maximum absolute atomic E-state index is 12.3. The Hall–Kier alpha value is -1.75. The molecule has 118 valence electrons. The molecule has 0 radical (unpaired) electrons. The van der Waals surface area contributed by atoms with Crippen LogP contribution in [0.15, 0.2) is 24.3 Å². The Kier molecular flexibility index (Phi) is 4.52. The molecule has 0 bridgehead atoms. The highest BCUT2D eigenvalue weighted by Gasteiger charge is 2.31. The van der Waals surface area contributed by atoms with Crippen LogP contribution in [0.25, 0.3) is 0 Å². The van der Waals surface area contributed by atoms with Gasteiger partial charge in [-0.05, 0) is 49.9 Å². The first-order chi connectivity index (χ1) is 10.6. The molecule has 1 atom stereocenters. The second-order valence-electron chi connectivity index (χ2n) is 6.01. The highest BCUT2D eigenvalue weighted by molar-refractivity contribution is 6.30. The molecule has 1 aromatic rings. The summed E-state index contributed by atoms with van der Waals surface area (Å²) in [5.41, 5.74) is 0.707. The summed E-state index contributed by atoms with van der Waals surface area (Å²) in [4.78, 5) is 26.2. The van der Waals surface area contributed by atoms with Gasteiger partial charge in [0, 0.05) is 29.8 Å². The van der Waals surface area contributed by atoms with Crippen molar-refractivity contribution in [1.29, 1.82) is 0 Å². The van der Waals surface area contributed by atoms with Gasteiger partial charge in [0.15, 0.2) is 0 Å². The zero-order valence-corrected chi connectivity index (χ0v) is 13.1. The molecule has 3 amide bonds. The first-order valence-electron chi connectivity index (χ1n) is 7.74. The van der Waals surface area contributed by atoms with Gasteiger partial charge >= 0.3 is 6.03 Å². The van der Waals surface area contributed by atoms with E-state index in [4.69, 9.17) is 11.6 Å². The van der Waals surface area contributed by atoms with Gasteiger partial charge in [0.2, 0.25) is 5.91 Å². The van der Waals surface area contributed by atoms with E-state index in [0.29, 0.717) is 29.8 Å². The molecule has 1 aliphatic heterocycles. The van der Waals surface area contributed by atoms with Gasteiger partial charge in [0.05, 0.1) is 5.92 Å². The fourth-order valence-corrected chi connectivity index (χ4v) is 2.78. The van der Waals surface area contributed by atoms with Crippen LogP contribution in [0.4, 0.5) is 10.5 Å². The average Bonchev–Trinajstić information content (AvgIpc) is 3.33. The van der Waals surface area contributed by atoms with Crippen molar-refractivity contribution in [1.82, 2.24) is 10.2 Å². The number of carbonyl (C=O) groups is 2. The van der Waals surface area contributed by atoms with Crippen LogP contribution in [-0.2, 0) is 4.79 Å². The molecule has 5 nitrogen and oxygen atoms in total. The van der Waals surface area contributed by atoms with Crippen molar-refractivity contribution in [3.63, 3.8) is 0 Å². The lowest BCUT2D eigenvalue weighted by Gasteiger charge is -2.32. The quantitative estimate of drug-likeness (QED) is 0.899. The number of nitrogens with zero attached hydrogens (tertiary/aromatic N) is 1. The van der Waals surface area contributed by atoms with Gasteiger partial charge in [-0.15, -0.1) is 0 Å². The maximum atomic E-state index is 12.3. The first-order valence-corrected chi connectivity index (χ1v) is 8.11. The van der Waals surface area contributed by atoms with Crippen LogP contribution in [-0.4, -0.2) is 36.0 Å². The summed E-state index contributed by atoms with van der Waals surface area (Å²) >= 11 is 5.83. The van der Waals surface area contributed by atoms with E-state index >= 15 is 0 Å². The Morgan fingerprint density at radius 2 is 1.86 bits per heavy atom. The molecule has 0 unspecified atom stereocenters. The van der Waals surface area contributed by atoms with Crippen LogP contribution < -0.4 is 10.6 Å². The number of nitrogens with one attached hydrogen (secondary N) is 2. The molecule has 1 aliphatic carbocycles. The SMILES string of the molecule is O=C(NC1CC1)[C@@H]1CCCN(C(=O)Nc2ccc(Cl)cc2)C1. The van der Waals surface area contributed by atoms with Crippen molar-refractivity contribution in [2.75, 3.05) is 18.4 Å². The molecule has 0 aromatic heterocycles. The van der Waals surface area contributed by atoms with Crippen molar-refractivity contribution in [2.24, 2.45) is 5.92 Å². The summed E-state index contributed by atoms with van der Waals surface area (Å²) in [5, 5.41) is 6.51. The van der Waals surface area contributed by atoms with Crippen LogP contribution in [0.3, 0.4) is 0 Å². The van der Waals surface area contributed by atoms with E-state index in [-0.39, 0.29) is 17.9 Å². The predicted molar refractivity (Wildman–Crippen MR) is 85.9 cm³/mol. The van der Waals surface area contributed by atoms with Crippen molar-refractivity contribution in [2.45, 2.75) is 31.7 Å². The zero-order chi connectivity index (χ0) is 15.5. The van der Waals surface area contributed by atoms with Crippen molar-refractivity contribution in [3.05, 3.63) is 29.3 Å². The minimum atomic E-state index is -0.161. The molecule has 1 saturated heterocycles. The Morgan fingerprint density at radius 3 is 2.55 bits per heavy atom. The van der Waals surface area contributed by atoms with Gasteiger partial charge in [-0.25, -0.2) is 4.79 Å². The third kappa shape index (κ3) is 3.91. The molecule has 2 fully saturated rings. The van der Waals surface area contributed by atoms with Gasteiger partial charge in [-0.1, -0.05) is 11.6 Å². The van der Waals surface area contributed by atoms with E-state index in [9.17, 15) is 9.59 Å².